The molecule has 0 saturated heterocycles. The molecule has 0 spiro atoms. The summed E-state index contributed by atoms with van der Waals surface area (Å²) in [5, 5.41) is 12.3. The molecule has 1 aromatic carbocycles. The van der Waals surface area contributed by atoms with E-state index in [-0.39, 0.29) is 5.82 Å². The van der Waals surface area contributed by atoms with E-state index in [2.05, 4.69) is 31.5 Å². The number of carbonyl (C=O) groups excluding carboxylic acids is 1. The van der Waals surface area contributed by atoms with E-state index in [4.69, 9.17) is 0 Å². The first-order valence-corrected chi connectivity index (χ1v) is 6.05. The fourth-order valence-electron chi connectivity index (χ4n) is 1.36. The predicted octanol–water partition coefficient (Wildman–Crippen LogP) is 1.60. The van der Waals surface area contributed by atoms with Gasteiger partial charge in [-0.2, -0.15) is 17.9 Å². The molecule has 0 aliphatic rings. The number of nitrogens with zero attached hydrogens (tertiary/aromatic N) is 4. The molecule has 1 aromatic heterocycles. The van der Waals surface area contributed by atoms with E-state index in [1.54, 1.807) is 29.6 Å². The molecule has 0 radical (unpaired) electrons. The summed E-state index contributed by atoms with van der Waals surface area (Å²) in [5.41, 5.74) is 0.564. The van der Waals surface area contributed by atoms with E-state index < -0.39 is 18.6 Å². The first-order chi connectivity index (χ1) is 9.38. The summed E-state index contributed by atoms with van der Waals surface area (Å²) in [4.78, 5) is 10.7. The highest BCUT2D eigenvalue weighted by Crippen LogP contribution is 2.16. The third kappa shape index (κ3) is 3.32. The van der Waals surface area contributed by atoms with Gasteiger partial charge in [-0.1, -0.05) is 15.9 Å². The van der Waals surface area contributed by atoms with Crippen molar-refractivity contribution in [3.05, 3.63) is 34.6 Å². The Morgan fingerprint density at radius 3 is 2.55 bits per heavy atom. The van der Waals surface area contributed by atoms with E-state index in [0.29, 0.717) is 5.69 Å². The zero-order valence-corrected chi connectivity index (χ0v) is 11.3. The van der Waals surface area contributed by atoms with Crippen LogP contribution >= 0.6 is 15.9 Å². The maximum Gasteiger partial charge on any atom is 0.471 e. The monoisotopic (exact) mass is 349 g/mol. The maximum atomic E-state index is 12.1. The SMILES string of the molecule is O=C(NCc1nnnn1-c1ccc(Br)cc1)C(F)(F)F. The summed E-state index contributed by atoms with van der Waals surface area (Å²) >= 11 is 3.26. The van der Waals surface area contributed by atoms with E-state index in [1.165, 1.54) is 4.68 Å². The summed E-state index contributed by atoms with van der Waals surface area (Å²) in [6.07, 6.45) is -4.93. The number of hydrogen-bond acceptors (Lipinski definition) is 4. The molecule has 10 heteroatoms. The molecule has 106 valence electrons. The van der Waals surface area contributed by atoms with E-state index in [9.17, 15) is 18.0 Å². The van der Waals surface area contributed by atoms with Gasteiger partial charge in [0.1, 0.15) is 0 Å². The van der Waals surface area contributed by atoms with Crippen LogP contribution in [0.3, 0.4) is 0 Å². The third-order valence-electron chi connectivity index (χ3n) is 2.27. The number of rotatable bonds is 3. The predicted molar refractivity (Wildman–Crippen MR) is 64.8 cm³/mol. The Balaban J connectivity index is 2.13. The minimum absolute atomic E-state index is 0.0879. The van der Waals surface area contributed by atoms with Crippen LogP contribution in [-0.4, -0.2) is 32.3 Å². The number of halogens is 4. The van der Waals surface area contributed by atoms with Gasteiger partial charge < -0.3 is 5.32 Å². The van der Waals surface area contributed by atoms with Gasteiger partial charge in [0.05, 0.1) is 12.2 Å². The van der Waals surface area contributed by atoms with Crippen molar-refractivity contribution in [1.82, 2.24) is 25.5 Å². The van der Waals surface area contributed by atoms with Crippen LogP contribution in [0.1, 0.15) is 5.82 Å². The maximum absolute atomic E-state index is 12.1. The van der Waals surface area contributed by atoms with E-state index in [1.807, 2.05) is 0 Å². The average Bonchev–Trinajstić information content (AvgIpc) is 2.84. The second kappa shape index (κ2) is 5.57. The van der Waals surface area contributed by atoms with E-state index >= 15 is 0 Å². The molecule has 0 aliphatic heterocycles. The van der Waals surface area contributed by atoms with Crippen molar-refractivity contribution in [2.24, 2.45) is 0 Å². The summed E-state index contributed by atoms with van der Waals surface area (Å²) < 4.78 is 38.3. The van der Waals surface area contributed by atoms with Crippen LogP contribution < -0.4 is 5.32 Å². The standard InChI is InChI=1S/C10H7BrF3N5O/c11-6-1-3-7(4-2-6)19-8(16-17-18-19)5-15-9(20)10(12,13)14/h1-4H,5H2,(H,15,20). The van der Waals surface area contributed by atoms with Gasteiger partial charge in [-0.25, -0.2) is 0 Å². The molecule has 0 fully saturated rings. The van der Waals surface area contributed by atoms with Gasteiger partial charge in [-0.15, -0.1) is 5.10 Å². The number of tetrazole rings is 1. The lowest BCUT2D eigenvalue weighted by Crippen LogP contribution is -2.36. The Labute approximate surface area is 119 Å². The molecule has 0 aliphatic carbocycles. The molecule has 2 rings (SSSR count). The minimum Gasteiger partial charge on any atom is -0.341 e. The lowest BCUT2D eigenvalue weighted by molar-refractivity contribution is -0.173. The van der Waals surface area contributed by atoms with Crippen LogP contribution in [0.5, 0.6) is 0 Å². The van der Waals surface area contributed by atoms with Crippen molar-refractivity contribution in [3.8, 4) is 5.69 Å². The van der Waals surface area contributed by atoms with Crippen LogP contribution in [0.2, 0.25) is 0 Å². The van der Waals surface area contributed by atoms with Gasteiger partial charge in [0, 0.05) is 4.47 Å². The van der Waals surface area contributed by atoms with Crippen LogP contribution in [0.25, 0.3) is 5.69 Å². The van der Waals surface area contributed by atoms with Crippen molar-refractivity contribution >= 4 is 21.8 Å². The Hall–Kier alpha value is -1.97. The molecule has 0 atom stereocenters. The first-order valence-electron chi connectivity index (χ1n) is 5.26. The number of carbonyl (C=O) groups is 1. The van der Waals surface area contributed by atoms with Crippen molar-refractivity contribution in [3.63, 3.8) is 0 Å². The number of aromatic nitrogens is 4. The molecule has 0 unspecified atom stereocenters. The highest BCUT2D eigenvalue weighted by atomic mass is 79.9. The fourth-order valence-corrected chi connectivity index (χ4v) is 1.62. The smallest absolute Gasteiger partial charge is 0.341 e. The molecular weight excluding hydrogens is 343 g/mol. The molecule has 2 aromatic rings. The highest BCUT2D eigenvalue weighted by Gasteiger charge is 2.38. The Morgan fingerprint density at radius 2 is 1.95 bits per heavy atom. The lowest BCUT2D eigenvalue weighted by Gasteiger charge is -2.08. The van der Waals surface area contributed by atoms with Gasteiger partial charge in [-0.3, -0.25) is 4.79 Å². The zero-order chi connectivity index (χ0) is 14.8. The van der Waals surface area contributed by atoms with Crippen molar-refractivity contribution in [2.45, 2.75) is 12.7 Å². The van der Waals surface area contributed by atoms with E-state index in [0.717, 1.165) is 4.47 Å². The van der Waals surface area contributed by atoms with Crippen LogP contribution in [-0.2, 0) is 11.3 Å². The number of benzene rings is 1. The van der Waals surface area contributed by atoms with Gasteiger partial charge in [0.15, 0.2) is 5.82 Å². The molecule has 0 saturated carbocycles. The van der Waals surface area contributed by atoms with Crippen molar-refractivity contribution < 1.29 is 18.0 Å². The zero-order valence-electron chi connectivity index (χ0n) is 9.73. The van der Waals surface area contributed by atoms with Crippen LogP contribution in [0.15, 0.2) is 28.7 Å². The van der Waals surface area contributed by atoms with Gasteiger partial charge >= 0.3 is 12.1 Å². The van der Waals surface area contributed by atoms with Crippen molar-refractivity contribution in [1.29, 1.82) is 0 Å². The largest absolute Gasteiger partial charge is 0.471 e. The second-order valence-corrected chi connectivity index (χ2v) is 4.58. The first kappa shape index (κ1) is 14.4. The fraction of sp³-hybridized carbons (Fsp3) is 0.200. The molecule has 1 N–H and O–H groups in total. The number of nitrogens with one attached hydrogen (secondary N) is 1. The summed E-state index contributed by atoms with van der Waals surface area (Å²) in [6, 6.07) is 6.81. The third-order valence-corrected chi connectivity index (χ3v) is 2.80. The van der Waals surface area contributed by atoms with Gasteiger partial charge in [0.25, 0.3) is 0 Å². The number of alkyl halides is 3. The van der Waals surface area contributed by atoms with Crippen LogP contribution in [0, 0.1) is 0 Å². The second-order valence-electron chi connectivity index (χ2n) is 3.66. The molecule has 1 heterocycles. The van der Waals surface area contributed by atoms with Gasteiger partial charge in [0.2, 0.25) is 0 Å². The Bertz CT molecular complexity index is 610. The Morgan fingerprint density at radius 1 is 1.30 bits per heavy atom. The molecule has 1 amide bonds. The summed E-state index contributed by atoms with van der Waals surface area (Å²) in [6.45, 7) is -0.429. The topological polar surface area (TPSA) is 72.7 Å². The molecular formula is C10H7BrF3N5O. The number of amides is 1. The quantitative estimate of drug-likeness (QED) is 0.913. The summed E-state index contributed by atoms with van der Waals surface area (Å²) in [5.74, 6) is -1.95. The number of hydrogen-bond donors (Lipinski definition) is 1. The van der Waals surface area contributed by atoms with Crippen LogP contribution in [0.4, 0.5) is 13.2 Å². The molecule has 0 bridgehead atoms. The minimum atomic E-state index is -4.93. The Kier molecular flexibility index (Phi) is 4.02. The average molecular weight is 350 g/mol. The molecule has 6 nitrogen and oxygen atoms in total. The lowest BCUT2D eigenvalue weighted by atomic mass is 10.3. The normalized spacial score (nSPS) is 11.4. The highest BCUT2D eigenvalue weighted by molar-refractivity contribution is 9.10. The van der Waals surface area contributed by atoms with Gasteiger partial charge in [-0.05, 0) is 34.7 Å². The summed E-state index contributed by atoms with van der Waals surface area (Å²) in [7, 11) is 0. The molecule has 20 heavy (non-hydrogen) atoms. The van der Waals surface area contributed by atoms with Crippen molar-refractivity contribution in [2.75, 3.05) is 0 Å².